The molecule has 1 N–H and O–H groups in total. The van der Waals surface area contributed by atoms with Gasteiger partial charge in [-0.2, -0.15) is 0 Å². The molecule has 1 unspecified atom stereocenters. The van der Waals surface area contributed by atoms with E-state index in [4.69, 9.17) is 11.6 Å². The Kier molecular flexibility index (Phi) is 5.63. The molecule has 0 saturated heterocycles. The third kappa shape index (κ3) is 4.49. The van der Waals surface area contributed by atoms with Gasteiger partial charge in [-0.25, -0.2) is 0 Å². The van der Waals surface area contributed by atoms with Crippen molar-refractivity contribution < 1.29 is 0 Å². The summed E-state index contributed by atoms with van der Waals surface area (Å²) >= 11 is 7.75. The molecule has 1 aromatic carbocycles. The fraction of sp³-hybridized carbons (Fsp3) is 0.286. The molecule has 0 fully saturated rings. The minimum absolute atomic E-state index is 0.197. The molecule has 0 radical (unpaired) electrons. The monoisotopic (exact) mass is 293 g/mol. The van der Waals surface area contributed by atoms with Crippen molar-refractivity contribution in [3.8, 4) is 0 Å². The van der Waals surface area contributed by atoms with Gasteiger partial charge in [-0.1, -0.05) is 24.6 Å². The molecule has 0 saturated carbocycles. The lowest BCUT2D eigenvalue weighted by Crippen LogP contribution is -2.24. The van der Waals surface area contributed by atoms with Gasteiger partial charge >= 0.3 is 0 Å². The van der Waals surface area contributed by atoms with E-state index in [1.54, 1.807) is 24.2 Å². The third-order valence-electron chi connectivity index (χ3n) is 2.60. The molecular weight excluding hydrogens is 278 g/mol. The number of hydrogen-bond donors (Lipinski definition) is 1. The van der Waals surface area contributed by atoms with Crippen LogP contribution in [0, 0.1) is 0 Å². The summed E-state index contributed by atoms with van der Waals surface area (Å²) < 4.78 is 0. The molecule has 100 valence electrons. The van der Waals surface area contributed by atoms with Gasteiger partial charge in [0.1, 0.15) is 0 Å². The van der Waals surface area contributed by atoms with Crippen LogP contribution in [0.3, 0.4) is 0 Å². The zero-order chi connectivity index (χ0) is 13.5. The van der Waals surface area contributed by atoms with Gasteiger partial charge in [0.25, 0.3) is 0 Å². The van der Waals surface area contributed by atoms with E-state index in [9.17, 15) is 0 Å². The van der Waals surface area contributed by atoms with Crippen LogP contribution in [0.4, 0.5) is 0 Å². The summed E-state index contributed by atoms with van der Waals surface area (Å²) in [4.78, 5) is 9.65. The number of aromatic nitrogens is 2. The summed E-state index contributed by atoms with van der Waals surface area (Å²) in [5, 5.41) is 4.20. The first-order chi connectivity index (χ1) is 9.29. The second kappa shape index (κ2) is 7.48. The molecule has 2 rings (SSSR count). The molecule has 0 amide bonds. The number of rotatable bonds is 6. The Morgan fingerprint density at radius 2 is 2.26 bits per heavy atom. The van der Waals surface area contributed by atoms with E-state index in [0.717, 1.165) is 23.0 Å². The molecule has 0 aliphatic heterocycles. The predicted molar refractivity (Wildman–Crippen MR) is 80.6 cm³/mol. The molecule has 2 aromatic rings. The number of halogens is 1. The molecule has 1 aromatic heterocycles. The van der Waals surface area contributed by atoms with Crippen LogP contribution in [0.5, 0.6) is 0 Å². The van der Waals surface area contributed by atoms with E-state index in [-0.39, 0.29) is 6.04 Å². The van der Waals surface area contributed by atoms with E-state index in [1.807, 2.05) is 24.4 Å². The second-order valence-corrected chi connectivity index (χ2v) is 5.54. The average molecular weight is 294 g/mol. The fourth-order valence-electron chi connectivity index (χ4n) is 1.72. The normalized spacial score (nSPS) is 12.3. The van der Waals surface area contributed by atoms with Gasteiger partial charge in [0.15, 0.2) is 0 Å². The number of nitrogens with zero attached hydrogens (tertiary/aromatic N) is 2. The van der Waals surface area contributed by atoms with Crippen LogP contribution >= 0.6 is 23.4 Å². The van der Waals surface area contributed by atoms with Crippen molar-refractivity contribution in [2.75, 3.05) is 12.3 Å². The molecule has 0 aliphatic rings. The van der Waals surface area contributed by atoms with Gasteiger partial charge in [-0.3, -0.25) is 9.97 Å². The quantitative estimate of drug-likeness (QED) is 0.826. The third-order valence-corrected chi connectivity index (χ3v) is 3.93. The van der Waals surface area contributed by atoms with E-state index in [0.29, 0.717) is 0 Å². The molecule has 1 heterocycles. The van der Waals surface area contributed by atoms with Crippen LogP contribution in [-0.4, -0.2) is 22.3 Å². The molecule has 0 bridgehead atoms. The molecule has 5 heteroatoms. The zero-order valence-electron chi connectivity index (χ0n) is 10.7. The Hall–Kier alpha value is -1.10. The lowest BCUT2D eigenvalue weighted by molar-refractivity contribution is 0.588. The molecule has 0 aliphatic carbocycles. The first-order valence-corrected chi connectivity index (χ1v) is 7.53. The first kappa shape index (κ1) is 14.3. The highest BCUT2D eigenvalue weighted by Gasteiger charge is 2.12. The molecule has 19 heavy (non-hydrogen) atoms. The summed E-state index contributed by atoms with van der Waals surface area (Å²) in [5.74, 6) is 0.896. The molecule has 0 spiro atoms. The summed E-state index contributed by atoms with van der Waals surface area (Å²) in [5.41, 5.74) is 0.971. The molecular formula is C14H16ClN3S. The van der Waals surface area contributed by atoms with Gasteiger partial charge in [0, 0.05) is 34.3 Å². The Morgan fingerprint density at radius 3 is 2.95 bits per heavy atom. The second-order valence-electron chi connectivity index (χ2n) is 4.01. The maximum Gasteiger partial charge on any atom is 0.0764 e. The predicted octanol–water partition coefficient (Wildman–Crippen LogP) is 3.57. The maximum atomic E-state index is 5.99. The highest BCUT2D eigenvalue weighted by atomic mass is 35.5. The minimum atomic E-state index is 0.197. The standard InChI is InChI=1S/C14H16ClN3S/c1-2-17-14(13-9-16-6-7-18-13)10-19-12-5-3-4-11(15)8-12/h3-9,14,17H,2,10H2,1H3. The first-order valence-electron chi connectivity index (χ1n) is 6.17. The van der Waals surface area contributed by atoms with Gasteiger partial charge < -0.3 is 5.32 Å². The minimum Gasteiger partial charge on any atom is -0.308 e. The van der Waals surface area contributed by atoms with Crippen molar-refractivity contribution in [2.24, 2.45) is 0 Å². The topological polar surface area (TPSA) is 37.8 Å². The lowest BCUT2D eigenvalue weighted by Gasteiger charge is -2.16. The smallest absolute Gasteiger partial charge is 0.0764 e. The highest BCUT2D eigenvalue weighted by Crippen LogP contribution is 2.25. The van der Waals surface area contributed by atoms with Gasteiger partial charge in [0.2, 0.25) is 0 Å². The van der Waals surface area contributed by atoms with Gasteiger partial charge in [-0.15, -0.1) is 11.8 Å². The van der Waals surface area contributed by atoms with Crippen molar-refractivity contribution in [2.45, 2.75) is 17.9 Å². The number of nitrogens with one attached hydrogen (secondary N) is 1. The van der Waals surface area contributed by atoms with Crippen molar-refractivity contribution >= 4 is 23.4 Å². The van der Waals surface area contributed by atoms with Crippen molar-refractivity contribution in [1.29, 1.82) is 0 Å². The molecule has 1 atom stereocenters. The van der Waals surface area contributed by atoms with E-state index < -0.39 is 0 Å². The molecule has 3 nitrogen and oxygen atoms in total. The number of hydrogen-bond acceptors (Lipinski definition) is 4. The van der Waals surface area contributed by atoms with E-state index in [2.05, 4.69) is 28.3 Å². The highest BCUT2D eigenvalue weighted by molar-refractivity contribution is 7.99. The summed E-state index contributed by atoms with van der Waals surface area (Å²) in [6, 6.07) is 8.09. The summed E-state index contributed by atoms with van der Waals surface area (Å²) in [7, 11) is 0. The SMILES string of the molecule is CCNC(CSc1cccc(Cl)c1)c1cnccn1. The zero-order valence-corrected chi connectivity index (χ0v) is 12.3. The maximum absolute atomic E-state index is 5.99. The Bertz CT molecular complexity index is 507. The average Bonchev–Trinajstić information content (AvgIpc) is 2.44. The lowest BCUT2D eigenvalue weighted by atomic mass is 10.2. The van der Waals surface area contributed by atoms with Crippen LogP contribution in [0.1, 0.15) is 18.7 Å². The van der Waals surface area contributed by atoms with Crippen LogP contribution in [0.15, 0.2) is 47.8 Å². The number of thioether (sulfide) groups is 1. The Balaban J connectivity index is 2.01. The van der Waals surface area contributed by atoms with Crippen molar-refractivity contribution in [1.82, 2.24) is 15.3 Å². The van der Waals surface area contributed by atoms with Crippen LogP contribution in [0.2, 0.25) is 5.02 Å². The van der Waals surface area contributed by atoms with Gasteiger partial charge in [-0.05, 0) is 24.7 Å². The van der Waals surface area contributed by atoms with E-state index >= 15 is 0 Å². The van der Waals surface area contributed by atoms with Crippen molar-refractivity contribution in [3.05, 3.63) is 53.6 Å². The fourth-order valence-corrected chi connectivity index (χ4v) is 3.01. The summed E-state index contributed by atoms with van der Waals surface area (Å²) in [6.07, 6.45) is 5.23. The van der Waals surface area contributed by atoms with Gasteiger partial charge in [0.05, 0.1) is 11.7 Å². The summed E-state index contributed by atoms with van der Waals surface area (Å²) in [6.45, 7) is 2.99. The van der Waals surface area contributed by atoms with Crippen molar-refractivity contribution in [3.63, 3.8) is 0 Å². The Labute approximate surface area is 122 Å². The van der Waals surface area contributed by atoms with Crippen LogP contribution in [-0.2, 0) is 0 Å². The number of benzene rings is 1. The van der Waals surface area contributed by atoms with Crippen LogP contribution < -0.4 is 5.32 Å². The van der Waals surface area contributed by atoms with E-state index in [1.165, 1.54) is 4.90 Å². The Morgan fingerprint density at radius 1 is 1.37 bits per heavy atom. The van der Waals surface area contributed by atoms with Crippen LogP contribution in [0.25, 0.3) is 0 Å². The largest absolute Gasteiger partial charge is 0.308 e.